The molecule has 1 amide bonds. The van der Waals surface area contributed by atoms with Gasteiger partial charge in [0.25, 0.3) is 0 Å². The molecule has 0 aliphatic rings. The lowest BCUT2D eigenvalue weighted by atomic mass is 10.2. The first-order valence-corrected chi connectivity index (χ1v) is 6.67. The highest BCUT2D eigenvalue weighted by Gasteiger charge is 2.11. The third-order valence-corrected chi connectivity index (χ3v) is 2.84. The molecule has 0 saturated carbocycles. The summed E-state index contributed by atoms with van der Waals surface area (Å²) in [6, 6.07) is 0. The zero-order chi connectivity index (χ0) is 13.3. The van der Waals surface area contributed by atoms with Crippen LogP contribution in [0.4, 0.5) is 0 Å². The molecule has 0 aromatic rings. The standard InChI is InChI=1S/C13H29N3O/c1-5-16(11-12(2)3)10-7-13(17)15(4)9-6-8-14/h12H,5-11,14H2,1-4H3. The van der Waals surface area contributed by atoms with Gasteiger partial charge >= 0.3 is 0 Å². The minimum absolute atomic E-state index is 0.223. The van der Waals surface area contributed by atoms with Crippen LogP contribution < -0.4 is 5.73 Å². The van der Waals surface area contributed by atoms with E-state index in [0.717, 1.165) is 32.6 Å². The summed E-state index contributed by atoms with van der Waals surface area (Å²) in [7, 11) is 1.86. The van der Waals surface area contributed by atoms with Crippen LogP contribution >= 0.6 is 0 Å². The molecule has 0 heterocycles. The highest BCUT2D eigenvalue weighted by atomic mass is 16.2. The van der Waals surface area contributed by atoms with Gasteiger partial charge in [-0.3, -0.25) is 4.79 Å². The van der Waals surface area contributed by atoms with Crippen LogP contribution in [0.3, 0.4) is 0 Å². The number of carbonyl (C=O) groups is 1. The number of nitrogens with two attached hydrogens (primary N) is 1. The van der Waals surface area contributed by atoms with Crippen LogP contribution in [-0.2, 0) is 4.79 Å². The Morgan fingerprint density at radius 2 is 1.94 bits per heavy atom. The van der Waals surface area contributed by atoms with Crippen LogP contribution in [0.25, 0.3) is 0 Å². The molecule has 0 radical (unpaired) electrons. The number of amides is 1. The van der Waals surface area contributed by atoms with Crippen molar-refractivity contribution >= 4 is 5.91 Å². The van der Waals surface area contributed by atoms with Crippen molar-refractivity contribution in [1.82, 2.24) is 9.80 Å². The number of rotatable bonds is 9. The maximum atomic E-state index is 11.8. The Kier molecular flexibility index (Phi) is 9.09. The Labute approximate surface area is 106 Å². The van der Waals surface area contributed by atoms with Crippen LogP contribution in [0, 0.1) is 5.92 Å². The molecule has 0 aromatic carbocycles. The topological polar surface area (TPSA) is 49.6 Å². The van der Waals surface area contributed by atoms with E-state index in [-0.39, 0.29) is 5.91 Å². The van der Waals surface area contributed by atoms with Crippen molar-refractivity contribution in [1.29, 1.82) is 0 Å². The summed E-state index contributed by atoms with van der Waals surface area (Å²) in [4.78, 5) is 15.9. The van der Waals surface area contributed by atoms with Gasteiger partial charge in [-0.15, -0.1) is 0 Å². The van der Waals surface area contributed by atoms with Gasteiger partial charge in [-0.25, -0.2) is 0 Å². The lowest BCUT2D eigenvalue weighted by Crippen LogP contribution is -2.34. The molecule has 0 aliphatic heterocycles. The average molecular weight is 243 g/mol. The normalized spacial score (nSPS) is 11.2. The van der Waals surface area contributed by atoms with E-state index in [1.807, 2.05) is 7.05 Å². The first-order chi connectivity index (χ1) is 8.01. The fourth-order valence-electron chi connectivity index (χ4n) is 1.79. The lowest BCUT2D eigenvalue weighted by Gasteiger charge is -2.23. The summed E-state index contributed by atoms with van der Waals surface area (Å²) in [5.41, 5.74) is 5.43. The van der Waals surface area contributed by atoms with E-state index in [0.29, 0.717) is 18.9 Å². The number of carbonyl (C=O) groups excluding carboxylic acids is 1. The Balaban J connectivity index is 3.87. The molecular formula is C13H29N3O. The third-order valence-electron chi connectivity index (χ3n) is 2.84. The van der Waals surface area contributed by atoms with Gasteiger partial charge in [-0.05, 0) is 25.4 Å². The van der Waals surface area contributed by atoms with Crippen molar-refractivity contribution in [2.75, 3.05) is 39.8 Å². The zero-order valence-electron chi connectivity index (χ0n) is 11.9. The Morgan fingerprint density at radius 1 is 1.29 bits per heavy atom. The van der Waals surface area contributed by atoms with Gasteiger partial charge in [0.1, 0.15) is 0 Å². The Hall–Kier alpha value is -0.610. The monoisotopic (exact) mass is 243 g/mol. The summed E-state index contributed by atoms with van der Waals surface area (Å²) in [6.07, 6.45) is 1.49. The first-order valence-electron chi connectivity index (χ1n) is 6.67. The van der Waals surface area contributed by atoms with Gasteiger partial charge < -0.3 is 15.5 Å². The first kappa shape index (κ1) is 16.4. The molecule has 2 N–H and O–H groups in total. The minimum Gasteiger partial charge on any atom is -0.346 e. The van der Waals surface area contributed by atoms with Crippen molar-refractivity contribution < 1.29 is 4.79 Å². The van der Waals surface area contributed by atoms with Crippen molar-refractivity contribution in [2.45, 2.75) is 33.6 Å². The van der Waals surface area contributed by atoms with Crippen molar-refractivity contribution in [2.24, 2.45) is 11.7 Å². The second kappa shape index (κ2) is 9.42. The molecular weight excluding hydrogens is 214 g/mol. The van der Waals surface area contributed by atoms with E-state index in [2.05, 4.69) is 25.7 Å². The van der Waals surface area contributed by atoms with Crippen LogP contribution in [0.2, 0.25) is 0 Å². The summed E-state index contributed by atoms with van der Waals surface area (Å²) in [5.74, 6) is 0.876. The van der Waals surface area contributed by atoms with Gasteiger partial charge in [0.2, 0.25) is 5.91 Å². The fourth-order valence-corrected chi connectivity index (χ4v) is 1.79. The maximum Gasteiger partial charge on any atom is 0.223 e. The predicted molar refractivity (Wildman–Crippen MR) is 72.9 cm³/mol. The van der Waals surface area contributed by atoms with E-state index in [1.54, 1.807) is 4.90 Å². The van der Waals surface area contributed by atoms with Gasteiger partial charge in [0, 0.05) is 33.1 Å². The quantitative estimate of drug-likeness (QED) is 0.661. The van der Waals surface area contributed by atoms with Crippen LogP contribution in [0.5, 0.6) is 0 Å². The molecule has 0 bridgehead atoms. The Morgan fingerprint density at radius 3 is 2.41 bits per heavy atom. The summed E-state index contributed by atoms with van der Waals surface area (Å²) in [5, 5.41) is 0. The minimum atomic E-state index is 0.223. The van der Waals surface area contributed by atoms with E-state index in [1.165, 1.54) is 0 Å². The highest BCUT2D eigenvalue weighted by Crippen LogP contribution is 2.01. The number of hydrogen-bond acceptors (Lipinski definition) is 3. The van der Waals surface area contributed by atoms with Crippen molar-refractivity contribution in [3.05, 3.63) is 0 Å². The van der Waals surface area contributed by atoms with E-state index >= 15 is 0 Å². The molecule has 0 saturated heterocycles. The smallest absolute Gasteiger partial charge is 0.223 e. The summed E-state index contributed by atoms with van der Waals surface area (Å²) >= 11 is 0. The molecule has 102 valence electrons. The van der Waals surface area contributed by atoms with Gasteiger partial charge in [0.15, 0.2) is 0 Å². The van der Waals surface area contributed by atoms with Crippen LogP contribution in [0.1, 0.15) is 33.6 Å². The molecule has 0 unspecified atom stereocenters. The maximum absolute atomic E-state index is 11.8. The molecule has 4 heteroatoms. The fraction of sp³-hybridized carbons (Fsp3) is 0.923. The molecule has 0 atom stereocenters. The molecule has 0 aliphatic carbocycles. The highest BCUT2D eigenvalue weighted by molar-refractivity contribution is 5.76. The lowest BCUT2D eigenvalue weighted by molar-refractivity contribution is -0.130. The summed E-state index contributed by atoms with van der Waals surface area (Å²) < 4.78 is 0. The predicted octanol–water partition coefficient (Wildman–Crippen LogP) is 1.16. The van der Waals surface area contributed by atoms with E-state index in [9.17, 15) is 4.79 Å². The molecule has 0 fully saturated rings. The number of nitrogens with zero attached hydrogens (tertiary/aromatic N) is 2. The van der Waals surface area contributed by atoms with Crippen molar-refractivity contribution in [3.63, 3.8) is 0 Å². The Bertz CT molecular complexity index is 207. The SMILES string of the molecule is CCN(CCC(=O)N(C)CCCN)CC(C)C. The zero-order valence-corrected chi connectivity index (χ0v) is 11.9. The van der Waals surface area contributed by atoms with Gasteiger partial charge in [-0.2, -0.15) is 0 Å². The second-order valence-electron chi connectivity index (χ2n) is 4.99. The largest absolute Gasteiger partial charge is 0.346 e. The van der Waals surface area contributed by atoms with Gasteiger partial charge in [0.05, 0.1) is 0 Å². The molecule has 0 rings (SSSR count). The van der Waals surface area contributed by atoms with E-state index in [4.69, 9.17) is 5.73 Å². The number of hydrogen-bond donors (Lipinski definition) is 1. The molecule has 0 spiro atoms. The second-order valence-corrected chi connectivity index (χ2v) is 4.99. The van der Waals surface area contributed by atoms with Crippen LogP contribution in [-0.4, -0.2) is 55.5 Å². The summed E-state index contributed by atoms with van der Waals surface area (Å²) in [6.45, 7) is 10.9. The molecule has 0 aromatic heterocycles. The van der Waals surface area contributed by atoms with Gasteiger partial charge in [-0.1, -0.05) is 20.8 Å². The molecule has 17 heavy (non-hydrogen) atoms. The van der Waals surface area contributed by atoms with E-state index < -0.39 is 0 Å². The molecule has 4 nitrogen and oxygen atoms in total. The van der Waals surface area contributed by atoms with Crippen LogP contribution in [0.15, 0.2) is 0 Å². The third kappa shape index (κ3) is 8.16. The van der Waals surface area contributed by atoms with Crippen molar-refractivity contribution in [3.8, 4) is 0 Å². The average Bonchev–Trinajstić information content (AvgIpc) is 2.30.